The van der Waals surface area contributed by atoms with Crippen molar-refractivity contribution in [1.29, 1.82) is 0 Å². The molecule has 7 atom stereocenters. The zero-order chi connectivity index (χ0) is 17.7. The molecule has 0 aromatic heterocycles. The van der Waals surface area contributed by atoms with Gasteiger partial charge >= 0.3 is 0 Å². The summed E-state index contributed by atoms with van der Waals surface area (Å²) in [5.41, 5.74) is 1.97. The van der Waals surface area contributed by atoms with E-state index in [0.717, 1.165) is 55.3 Å². The summed E-state index contributed by atoms with van der Waals surface area (Å²) in [5.74, 6) is 4.65. The molecule has 1 nitrogen and oxygen atoms in total. The van der Waals surface area contributed by atoms with E-state index in [1.165, 1.54) is 51.4 Å². The van der Waals surface area contributed by atoms with Gasteiger partial charge in [0.2, 0.25) is 0 Å². The lowest BCUT2D eigenvalue weighted by Gasteiger charge is -2.59. The summed E-state index contributed by atoms with van der Waals surface area (Å²) in [5, 5.41) is 11.0. The highest BCUT2D eigenvalue weighted by Crippen LogP contribution is 2.63. The standard InChI is InChI=1S/C24H40O/c1-4-13-24(25)15-12-19-17(16-24)9-10-21-20(19)11-14-23(3)18(5-2)7-6-8-22(21)23/h5,17,19-22,25H,4,6-16H2,1-3H3/b18-5-/t17-,19-,20+,21+,22-,23+,24+/m0/s1. The van der Waals surface area contributed by atoms with Crippen LogP contribution in [0.2, 0.25) is 0 Å². The van der Waals surface area contributed by atoms with Crippen molar-refractivity contribution in [2.24, 2.45) is 35.0 Å². The predicted octanol–water partition coefficient (Wildman–Crippen LogP) is 6.51. The van der Waals surface area contributed by atoms with E-state index in [0.29, 0.717) is 5.41 Å². The molecule has 1 N–H and O–H groups in total. The van der Waals surface area contributed by atoms with Crippen LogP contribution in [0.15, 0.2) is 11.6 Å². The van der Waals surface area contributed by atoms with Crippen molar-refractivity contribution in [2.75, 3.05) is 0 Å². The van der Waals surface area contributed by atoms with Gasteiger partial charge in [-0.2, -0.15) is 0 Å². The van der Waals surface area contributed by atoms with Gasteiger partial charge in [0.1, 0.15) is 0 Å². The molecule has 142 valence electrons. The first-order valence-corrected chi connectivity index (χ1v) is 11.4. The molecule has 0 unspecified atom stereocenters. The molecule has 4 aliphatic carbocycles. The number of hydrogen-bond donors (Lipinski definition) is 1. The lowest BCUT2D eigenvalue weighted by atomic mass is 9.46. The minimum Gasteiger partial charge on any atom is -0.390 e. The number of rotatable bonds is 2. The monoisotopic (exact) mass is 344 g/mol. The third-order valence-corrected chi connectivity index (χ3v) is 9.25. The molecule has 1 heteroatoms. The predicted molar refractivity (Wildman–Crippen MR) is 105 cm³/mol. The zero-order valence-corrected chi connectivity index (χ0v) is 16.9. The summed E-state index contributed by atoms with van der Waals surface area (Å²) in [6.07, 6.45) is 18.1. The van der Waals surface area contributed by atoms with Crippen molar-refractivity contribution >= 4 is 0 Å². The van der Waals surface area contributed by atoms with Gasteiger partial charge in [-0.1, -0.05) is 31.9 Å². The minimum atomic E-state index is -0.325. The van der Waals surface area contributed by atoms with Crippen LogP contribution in [0, 0.1) is 35.0 Å². The Morgan fingerprint density at radius 1 is 1.04 bits per heavy atom. The van der Waals surface area contributed by atoms with Crippen molar-refractivity contribution in [3.05, 3.63) is 11.6 Å². The van der Waals surface area contributed by atoms with Gasteiger partial charge in [0.25, 0.3) is 0 Å². The van der Waals surface area contributed by atoms with Crippen molar-refractivity contribution < 1.29 is 5.11 Å². The first-order valence-electron chi connectivity index (χ1n) is 11.4. The number of aliphatic hydroxyl groups is 1. The van der Waals surface area contributed by atoms with Crippen LogP contribution in [-0.2, 0) is 0 Å². The average molecular weight is 345 g/mol. The minimum absolute atomic E-state index is 0.325. The topological polar surface area (TPSA) is 20.2 Å². The Morgan fingerprint density at radius 2 is 1.84 bits per heavy atom. The number of allylic oxidation sites excluding steroid dienone is 2. The Hall–Kier alpha value is -0.300. The van der Waals surface area contributed by atoms with Gasteiger partial charge in [-0.05, 0) is 113 Å². The molecule has 0 aromatic carbocycles. The average Bonchev–Trinajstić information content (AvgIpc) is 2.60. The second-order valence-corrected chi connectivity index (χ2v) is 10.3. The summed E-state index contributed by atoms with van der Waals surface area (Å²) >= 11 is 0. The van der Waals surface area contributed by atoms with Crippen LogP contribution in [0.5, 0.6) is 0 Å². The fourth-order valence-corrected chi connectivity index (χ4v) is 8.18. The third-order valence-electron chi connectivity index (χ3n) is 9.25. The number of hydrogen-bond acceptors (Lipinski definition) is 1. The maximum atomic E-state index is 11.0. The van der Waals surface area contributed by atoms with Crippen LogP contribution < -0.4 is 0 Å². The fraction of sp³-hybridized carbons (Fsp3) is 0.917. The highest BCUT2D eigenvalue weighted by Gasteiger charge is 2.54. The highest BCUT2D eigenvalue weighted by atomic mass is 16.3. The summed E-state index contributed by atoms with van der Waals surface area (Å²) in [7, 11) is 0. The molecular weight excluding hydrogens is 304 g/mol. The van der Waals surface area contributed by atoms with Gasteiger partial charge < -0.3 is 5.11 Å². The van der Waals surface area contributed by atoms with E-state index in [1.807, 2.05) is 0 Å². The second kappa shape index (κ2) is 6.70. The van der Waals surface area contributed by atoms with Crippen LogP contribution in [-0.4, -0.2) is 10.7 Å². The lowest BCUT2D eigenvalue weighted by molar-refractivity contribution is -0.108. The zero-order valence-electron chi connectivity index (χ0n) is 16.9. The molecular formula is C24H40O. The Balaban J connectivity index is 1.53. The Bertz CT molecular complexity index is 522. The molecule has 0 bridgehead atoms. The highest BCUT2D eigenvalue weighted by molar-refractivity contribution is 5.20. The normalized spacial score (nSPS) is 51.5. The Morgan fingerprint density at radius 3 is 2.60 bits per heavy atom. The van der Waals surface area contributed by atoms with Gasteiger partial charge in [0, 0.05) is 0 Å². The Kier molecular flexibility index (Phi) is 4.84. The second-order valence-electron chi connectivity index (χ2n) is 10.3. The SMILES string of the molecule is C/C=C1/CCC[C@H]2[C@@H]3CC[C@H]4C[C@@](O)(CCC)CC[C@@H]4[C@H]3CC[C@]12C. The Labute approximate surface area is 155 Å². The van der Waals surface area contributed by atoms with E-state index in [-0.39, 0.29) is 5.60 Å². The van der Waals surface area contributed by atoms with Crippen LogP contribution in [0.3, 0.4) is 0 Å². The van der Waals surface area contributed by atoms with Crippen molar-refractivity contribution in [3.63, 3.8) is 0 Å². The largest absolute Gasteiger partial charge is 0.390 e. The molecule has 4 rings (SSSR count). The molecule has 0 heterocycles. The fourth-order valence-electron chi connectivity index (χ4n) is 8.18. The summed E-state index contributed by atoms with van der Waals surface area (Å²) in [4.78, 5) is 0. The van der Waals surface area contributed by atoms with E-state index in [1.54, 1.807) is 5.57 Å². The van der Waals surface area contributed by atoms with E-state index in [2.05, 4.69) is 26.8 Å². The van der Waals surface area contributed by atoms with Gasteiger partial charge in [-0.15, -0.1) is 0 Å². The van der Waals surface area contributed by atoms with E-state index in [9.17, 15) is 5.11 Å². The molecule has 0 radical (unpaired) electrons. The lowest BCUT2D eigenvalue weighted by Crippen LogP contribution is -2.52. The molecule has 0 amide bonds. The van der Waals surface area contributed by atoms with Crippen LogP contribution >= 0.6 is 0 Å². The van der Waals surface area contributed by atoms with Gasteiger partial charge in [-0.3, -0.25) is 0 Å². The van der Waals surface area contributed by atoms with Crippen molar-refractivity contribution in [2.45, 2.75) is 103 Å². The van der Waals surface area contributed by atoms with Crippen LogP contribution in [0.1, 0.15) is 97.8 Å². The van der Waals surface area contributed by atoms with Crippen molar-refractivity contribution in [1.82, 2.24) is 0 Å². The molecule has 0 aliphatic heterocycles. The van der Waals surface area contributed by atoms with E-state index in [4.69, 9.17) is 0 Å². The van der Waals surface area contributed by atoms with Gasteiger partial charge in [0.05, 0.1) is 5.60 Å². The smallest absolute Gasteiger partial charge is 0.0650 e. The van der Waals surface area contributed by atoms with Crippen LogP contribution in [0.25, 0.3) is 0 Å². The van der Waals surface area contributed by atoms with Crippen LogP contribution in [0.4, 0.5) is 0 Å². The molecule has 0 spiro atoms. The molecule has 4 fully saturated rings. The summed E-state index contributed by atoms with van der Waals surface area (Å²) < 4.78 is 0. The summed E-state index contributed by atoms with van der Waals surface area (Å²) in [6.45, 7) is 7.11. The van der Waals surface area contributed by atoms with Gasteiger partial charge in [0.15, 0.2) is 0 Å². The first-order chi connectivity index (χ1) is 12.0. The maximum absolute atomic E-state index is 11.0. The van der Waals surface area contributed by atoms with Gasteiger partial charge in [-0.25, -0.2) is 0 Å². The maximum Gasteiger partial charge on any atom is 0.0650 e. The molecule has 4 saturated carbocycles. The van der Waals surface area contributed by atoms with Crippen molar-refractivity contribution in [3.8, 4) is 0 Å². The third kappa shape index (κ3) is 2.93. The summed E-state index contributed by atoms with van der Waals surface area (Å²) in [6, 6.07) is 0. The molecule has 0 saturated heterocycles. The molecule has 0 aromatic rings. The van der Waals surface area contributed by atoms with E-state index < -0.39 is 0 Å². The molecule has 4 aliphatic rings. The first kappa shape index (κ1) is 18.1. The number of fused-ring (bicyclic) bond motifs is 5. The quantitative estimate of drug-likeness (QED) is 0.566. The van der Waals surface area contributed by atoms with E-state index >= 15 is 0 Å². The molecule has 25 heavy (non-hydrogen) atoms.